The van der Waals surface area contributed by atoms with E-state index in [4.69, 9.17) is 10.5 Å². The van der Waals surface area contributed by atoms with Crippen LogP contribution in [0.3, 0.4) is 0 Å². The summed E-state index contributed by atoms with van der Waals surface area (Å²) in [5.41, 5.74) is 11.0. The Kier molecular flexibility index (Phi) is 5.47. The third kappa shape index (κ3) is 4.35. The zero-order valence-electron chi connectivity index (χ0n) is 17.7. The van der Waals surface area contributed by atoms with Gasteiger partial charge < -0.3 is 10.5 Å². The van der Waals surface area contributed by atoms with Crippen LogP contribution in [0.15, 0.2) is 66.7 Å². The van der Waals surface area contributed by atoms with E-state index in [1.165, 1.54) is 29.5 Å². The van der Waals surface area contributed by atoms with Crippen molar-refractivity contribution in [1.29, 1.82) is 0 Å². The lowest BCUT2D eigenvalue weighted by Gasteiger charge is -2.33. The van der Waals surface area contributed by atoms with Crippen LogP contribution in [0.2, 0.25) is 0 Å². The summed E-state index contributed by atoms with van der Waals surface area (Å²) in [6.45, 7) is 3.23. The van der Waals surface area contributed by atoms with Gasteiger partial charge in [-0.05, 0) is 84.7 Å². The molecule has 4 nitrogen and oxygen atoms in total. The first kappa shape index (κ1) is 19.8. The summed E-state index contributed by atoms with van der Waals surface area (Å²) in [5.74, 6) is 1.95. The summed E-state index contributed by atoms with van der Waals surface area (Å²) in [4.78, 5) is 14.1. The summed E-state index contributed by atoms with van der Waals surface area (Å²) in [7, 11) is 0. The van der Waals surface area contributed by atoms with Gasteiger partial charge in [0.25, 0.3) is 0 Å². The summed E-state index contributed by atoms with van der Waals surface area (Å²) in [5, 5.41) is 0. The minimum Gasteiger partial charge on any atom is -0.457 e. The Labute approximate surface area is 183 Å². The zero-order chi connectivity index (χ0) is 21.2. The Morgan fingerprint density at radius 3 is 2.48 bits per heavy atom. The molecule has 2 N–H and O–H groups in total. The smallest absolute Gasteiger partial charge is 0.248 e. The third-order valence-electron chi connectivity index (χ3n) is 6.54. The number of aryl methyl sites for hydroxylation is 2. The second kappa shape index (κ2) is 8.56. The highest BCUT2D eigenvalue weighted by Gasteiger charge is 2.22. The Balaban J connectivity index is 1.30. The number of nitrogens with two attached hydrogens (primary N) is 1. The van der Waals surface area contributed by atoms with E-state index in [2.05, 4.69) is 53.4 Å². The van der Waals surface area contributed by atoms with Crippen molar-refractivity contribution in [2.24, 2.45) is 5.73 Å². The number of benzene rings is 3. The molecule has 2 aliphatic heterocycles. The molecule has 158 valence electrons. The number of nitrogens with zero attached hydrogens (tertiary/aromatic N) is 1. The summed E-state index contributed by atoms with van der Waals surface area (Å²) < 4.78 is 6.19. The first-order chi connectivity index (χ1) is 15.2. The Hall–Kier alpha value is -3.11. The number of fused-ring (bicyclic) bond motifs is 2. The number of carbonyl (C=O) groups excluding carboxylic acids is 1. The molecule has 1 amide bonds. The van der Waals surface area contributed by atoms with Crippen LogP contribution in [-0.2, 0) is 19.4 Å². The summed E-state index contributed by atoms with van der Waals surface area (Å²) in [6.07, 6.45) is 4.24. The van der Waals surface area contributed by atoms with Gasteiger partial charge in [0.2, 0.25) is 5.91 Å². The van der Waals surface area contributed by atoms with E-state index in [0.29, 0.717) is 11.5 Å². The molecule has 1 atom stereocenters. The maximum absolute atomic E-state index is 11.5. The van der Waals surface area contributed by atoms with Gasteiger partial charge in [-0.1, -0.05) is 42.5 Å². The van der Waals surface area contributed by atoms with E-state index >= 15 is 0 Å². The largest absolute Gasteiger partial charge is 0.457 e. The van der Waals surface area contributed by atoms with E-state index < -0.39 is 5.91 Å². The molecule has 0 aliphatic carbocycles. The lowest BCUT2D eigenvalue weighted by molar-refractivity contribution is 0.1000. The molecule has 1 fully saturated rings. The van der Waals surface area contributed by atoms with E-state index in [1.54, 1.807) is 6.07 Å². The maximum atomic E-state index is 11.5. The average molecular weight is 413 g/mol. The molecule has 0 spiro atoms. The monoisotopic (exact) mass is 412 g/mol. The second-order valence-corrected chi connectivity index (χ2v) is 8.72. The van der Waals surface area contributed by atoms with Gasteiger partial charge in [-0.25, -0.2) is 0 Å². The van der Waals surface area contributed by atoms with E-state index in [-0.39, 0.29) is 0 Å². The van der Waals surface area contributed by atoms with Crippen LogP contribution in [-0.4, -0.2) is 23.9 Å². The topological polar surface area (TPSA) is 55.6 Å². The van der Waals surface area contributed by atoms with Crippen molar-refractivity contribution in [3.63, 3.8) is 0 Å². The van der Waals surface area contributed by atoms with E-state index in [1.807, 2.05) is 12.1 Å². The molecule has 1 saturated heterocycles. The standard InChI is InChI=1S/C27H28N2O2/c28-27(30)23-11-13-26-22(16-23)10-9-21-15-19(8-12-25(21)31-26)17-29-14-4-7-24(18-29)20-5-2-1-3-6-20/h1-3,5-6,8,11-13,15-16,24H,4,7,9-10,14,17-18H2,(H2,28,30). The Bertz CT molecular complexity index is 1090. The van der Waals surface area contributed by atoms with Gasteiger partial charge >= 0.3 is 0 Å². The van der Waals surface area contributed by atoms with Crippen molar-refractivity contribution in [3.05, 3.63) is 94.5 Å². The van der Waals surface area contributed by atoms with Crippen molar-refractivity contribution in [1.82, 2.24) is 4.90 Å². The predicted molar refractivity (Wildman–Crippen MR) is 123 cm³/mol. The fourth-order valence-electron chi connectivity index (χ4n) is 4.90. The quantitative estimate of drug-likeness (QED) is 0.652. The highest BCUT2D eigenvalue weighted by Crippen LogP contribution is 2.35. The van der Waals surface area contributed by atoms with E-state index in [0.717, 1.165) is 49.5 Å². The number of primary amides is 1. The fourth-order valence-corrected chi connectivity index (χ4v) is 4.90. The number of likely N-dealkylation sites (tertiary alicyclic amines) is 1. The van der Waals surface area contributed by atoms with Crippen molar-refractivity contribution in [3.8, 4) is 11.5 Å². The molecule has 1 unspecified atom stereocenters. The number of piperidine rings is 1. The minimum atomic E-state index is -0.401. The molecule has 2 aliphatic rings. The Morgan fingerprint density at radius 2 is 1.71 bits per heavy atom. The number of hydrogen-bond acceptors (Lipinski definition) is 3. The van der Waals surface area contributed by atoms with Gasteiger partial charge in [0.1, 0.15) is 11.5 Å². The number of ether oxygens (including phenoxy) is 1. The van der Waals surface area contributed by atoms with Gasteiger partial charge in [0.15, 0.2) is 0 Å². The molecule has 0 aromatic heterocycles. The van der Waals surface area contributed by atoms with Gasteiger partial charge in [0.05, 0.1) is 0 Å². The maximum Gasteiger partial charge on any atom is 0.248 e. The summed E-state index contributed by atoms with van der Waals surface area (Å²) >= 11 is 0. The minimum absolute atomic E-state index is 0.401. The lowest BCUT2D eigenvalue weighted by Crippen LogP contribution is -2.33. The summed E-state index contributed by atoms with van der Waals surface area (Å²) in [6, 6.07) is 22.9. The number of carbonyl (C=O) groups is 1. The number of amides is 1. The molecular formula is C27H28N2O2. The first-order valence-electron chi connectivity index (χ1n) is 11.2. The predicted octanol–water partition coefficient (Wildman–Crippen LogP) is 5.06. The molecule has 0 bridgehead atoms. The van der Waals surface area contributed by atoms with Gasteiger partial charge in [0, 0.05) is 18.7 Å². The SMILES string of the molecule is NC(=O)c1ccc2c(c1)CCc1cc(CN3CCCC(c4ccccc4)C3)ccc1O2. The van der Waals surface area contributed by atoms with Crippen molar-refractivity contribution < 1.29 is 9.53 Å². The first-order valence-corrected chi connectivity index (χ1v) is 11.2. The molecule has 0 radical (unpaired) electrons. The molecule has 2 heterocycles. The van der Waals surface area contributed by atoms with Crippen LogP contribution in [0.4, 0.5) is 0 Å². The van der Waals surface area contributed by atoms with Crippen molar-refractivity contribution in [2.45, 2.75) is 38.1 Å². The van der Waals surface area contributed by atoms with Crippen LogP contribution < -0.4 is 10.5 Å². The highest BCUT2D eigenvalue weighted by atomic mass is 16.5. The number of hydrogen-bond donors (Lipinski definition) is 1. The van der Waals surface area contributed by atoms with Crippen LogP contribution in [0.25, 0.3) is 0 Å². The molecule has 31 heavy (non-hydrogen) atoms. The van der Waals surface area contributed by atoms with Gasteiger partial charge in [-0.3, -0.25) is 9.69 Å². The fraction of sp³-hybridized carbons (Fsp3) is 0.296. The third-order valence-corrected chi connectivity index (χ3v) is 6.54. The second-order valence-electron chi connectivity index (χ2n) is 8.72. The molecule has 3 aromatic carbocycles. The molecule has 4 heteroatoms. The number of rotatable bonds is 4. The Morgan fingerprint density at radius 1 is 0.968 bits per heavy atom. The van der Waals surface area contributed by atoms with Gasteiger partial charge in [-0.15, -0.1) is 0 Å². The normalized spacial score (nSPS) is 18.4. The van der Waals surface area contributed by atoms with E-state index in [9.17, 15) is 4.79 Å². The highest BCUT2D eigenvalue weighted by molar-refractivity contribution is 5.93. The average Bonchev–Trinajstić information content (AvgIpc) is 2.98. The molecule has 5 rings (SSSR count). The van der Waals surface area contributed by atoms with Crippen LogP contribution in [0.5, 0.6) is 11.5 Å². The molecule has 0 saturated carbocycles. The van der Waals surface area contributed by atoms with Crippen molar-refractivity contribution in [2.75, 3.05) is 13.1 Å². The van der Waals surface area contributed by atoms with Gasteiger partial charge in [-0.2, -0.15) is 0 Å². The lowest BCUT2D eigenvalue weighted by atomic mass is 9.90. The molecular weight excluding hydrogens is 384 g/mol. The zero-order valence-corrected chi connectivity index (χ0v) is 17.7. The molecule has 3 aromatic rings. The van der Waals surface area contributed by atoms with Crippen LogP contribution in [0.1, 0.15) is 51.4 Å². The van der Waals surface area contributed by atoms with Crippen LogP contribution in [0, 0.1) is 0 Å². The van der Waals surface area contributed by atoms with Crippen molar-refractivity contribution >= 4 is 5.91 Å². The van der Waals surface area contributed by atoms with Crippen LogP contribution >= 0.6 is 0 Å².